The van der Waals surface area contributed by atoms with Crippen LogP contribution >= 0.6 is 0 Å². The molecular weight excluding hydrogens is 284 g/mol. The summed E-state index contributed by atoms with van der Waals surface area (Å²) in [5.74, 6) is 0. The van der Waals surface area contributed by atoms with Crippen molar-refractivity contribution < 1.29 is 14.5 Å². The molecule has 6 nitrogen and oxygen atoms in total. The van der Waals surface area contributed by atoms with Crippen LogP contribution in [-0.4, -0.2) is 11.0 Å². The standard InChI is InChI=1S/C16H16N2O4/c1-11-8-12(2)15(18(20)21)9-14(11)17-16(19)22-10-13-6-4-3-5-7-13/h3-9H,10H2,1-2H3,(H,17,19). The summed E-state index contributed by atoms with van der Waals surface area (Å²) >= 11 is 0. The fourth-order valence-electron chi connectivity index (χ4n) is 2.04. The molecule has 0 saturated heterocycles. The van der Waals surface area contributed by atoms with E-state index < -0.39 is 11.0 Å². The lowest BCUT2D eigenvalue weighted by atomic mass is 10.1. The predicted octanol–water partition coefficient (Wildman–Crippen LogP) is 3.96. The van der Waals surface area contributed by atoms with Gasteiger partial charge in [-0.2, -0.15) is 0 Å². The minimum absolute atomic E-state index is 0.0380. The molecule has 0 aromatic heterocycles. The van der Waals surface area contributed by atoms with Crippen LogP contribution in [0.2, 0.25) is 0 Å². The molecule has 2 aromatic carbocycles. The third-order valence-corrected chi connectivity index (χ3v) is 3.19. The van der Waals surface area contributed by atoms with Gasteiger partial charge in [-0.05, 0) is 31.0 Å². The summed E-state index contributed by atoms with van der Waals surface area (Å²) in [4.78, 5) is 22.3. The quantitative estimate of drug-likeness (QED) is 0.684. The number of nitro benzene ring substituents is 1. The van der Waals surface area contributed by atoms with Crippen LogP contribution in [0, 0.1) is 24.0 Å². The maximum absolute atomic E-state index is 11.8. The fraction of sp³-hybridized carbons (Fsp3) is 0.188. The van der Waals surface area contributed by atoms with Gasteiger partial charge in [0.1, 0.15) is 6.61 Å². The predicted molar refractivity (Wildman–Crippen MR) is 82.8 cm³/mol. The smallest absolute Gasteiger partial charge is 0.411 e. The van der Waals surface area contributed by atoms with Gasteiger partial charge in [0.2, 0.25) is 0 Å². The highest BCUT2D eigenvalue weighted by Crippen LogP contribution is 2.26. The van der Waals surface area contributed by atoms with E-state index in [4.69, 9.17) is 4.74 Å². The molecule has 0 spiro atoms. The Morgan fingerprint density at radius 1 is 1.18 bits per heavy atom. The zero-order valence-electron chi connectivity index (χ0n) is 12.3. The Morgan fingerprint density at radius 2 is 1.86 bits per heavy atom. The molecule has 0 aliphatic heterocycles. The molecule has 1 amide bonds. The van der Waals surface area contributed by atoms with Crippen LogP contribution in [0.25, 0.3) is 0 Å². The molecule has 0 saturated carbocycles. The molecule has 0 bridgehead atoms. The van der Waals surface area contributed by atoms with Gasteiger partial charge in [0, 0.05) is 11.6 Å². The van der Waals surface area contributed by atoms with Gasteiger partial charge in [-0.15, -0.1) is 0 Å². The Morgan fingerprint density at radius 3 is 2.50 bits per heavy atom. The Kier molecular flexibility index (Phi) is 4.73. The van der Waals surface area contributed by atoms with Crippen LogP contribution in [-0.2, 0) is 11.3 Å². The number of nitro groups is 1. The first-order chi connectivity index (χ1) is 10.5. The second-order valence-electron chi connectivity index (χ2n) is 4.90. The number of hydrogen-bond donors (Lipinski definition) is 1. The van der Waals surface area contributed by atoms with Gasteiger partial charge >= 0.3 is 6.09 Å². The van der Waals surface area contributed by atoms with Crippen LogP contribution in [0.1, 0.15) is 16.7 Å². The lowest BCUT2D eigenvalue weighted by molar-refractivity contribution is -0.385. The molecular formula is C16H16N2O4. The molecule has 6 heteroatoms. The third-order valence-electron chi connectivity index (χ3n) is 3.19. The molecule has 0 unspecified atom stereocenters. The van der Waals surface area contributed by atoms with Crippen LogP contribution in [0.5, 0.6) is 0 Å². The van der Waals surface area contributed by atoms with Crippen LogP contribution in [0.3, 0.4) is 0 Å². The van der Waals surface area contributed by atoms with Crippen molar-refractivity contribution in [3.8, 4) is 0 Å². The van der Waals surface area contributed by atoms with Crippen molar-refractivity contribution in [3.63, 3.8) is 0 Å². The average molecular weight is 300 g/mol. The van der Waals surface area contributed by atoms with Crippen molar-refractivity contribution in [1.29, 1.82) is 0 Å². The number of rotatable bonds is 4. The van der Waals surface area contributed by atoms with Crippen LogP contribution in [0.4, 0.5) is 16.2 Å². The van der Waals surface area contributed by atoms with E-state index in [0.717, 1.165) is 11.1 Å². The first-order valence-corrected chi connectivity index (χ1v) is 6.70. The molecule has 0 radical (unpaired) electrons. The van der Waals surface area contributed by atoms with E-state index in [1.807, 2.05) is 30.3 Å². The molecule has 0 fully saturated rings. The third kappa shape index (κ3) is 3.82. The van der Waals surface area contributed by atoms with E-state index in [-0.39, 0.29) is 12.3 Å². The summed E-state index contributed by atoms with van der Waals surface area (Å²) < 4.78 is 5.10. The fourth-order valence-corrected chi connectivity index (χ4v) is 2.04. The number of carbonyl (C=O) groups is 1. The number of anilines is 1. The zero-order chi connectivity index (χ0) is 16.1. The van der Waals surface area contributed by atoms with E-state index in [1.54, 1.807) is 19.9 Å². The molecule has 0 heterocycles. The molecule has 0 atom stereocenters. The number of carbonyl (C=O) groups excluding carboxylic acids is 1. The molecule has 0 aliphatic rings. The van der Waals surface area contributed by atoms with Gasteiger partial charge in [-0.25, -0.2) is 4.79 Å². The summed E-state index contributed by atoms with van der Waals surface area (Å²) in [7, 11) is 0. The van der Waals surface area contributed by atoms with Crippen molar-refractivity contribution in [3.05, 3.63) is 69.3 Å². The molecule has 22 heavy (non-hydrogen) atoms. The van der Waals surface area contributed by atoms with Gasteiger partial charge in [0.25, 0.3) is 5.69 Å². The highest BCUT2D eigenvalue weighted by molar-refractivity contribution is 5.86. The minimum Gasteiger partial charge on any atom is -0.444 e. The summed E-state index contributed by atoms with van der Waals surface area (Å²) in [6.07, 6.45) is -0.648. The number of nitrogens with one attached hydrogen (secondary N) is 1. The molecule has 1 N–H and O–H groups in total. The molecule has 2 aromatic rings. The van der Waals surface area contributed by atoms with E-state index in [9.17, 15) is 14.9 Å². The highest BCUT2D eigenvalue weighted by atomic mass is 16.6. The van der Waals surface area contributed by atoms with Gasteiger partial charge in [0.15, 0.2) is 0 Å². The summed E-state index contributed by atoms with van der Waals surface area (Å²) in [6.45, 7) is 3.56. The number of nitrogens with zero attached hydrogens (tertiary/aromatic N) is 1. The van der Waals surface area contributed by atoms with Crippen molar-refractivity contribution in [2.24, 2.45) is 0 Å². The minimum atomic E-state index is -0.648. The number of ether oxygens (including phenoxy) is 1. The van der Waals surface area contributed by atoms with Crippen molar-refractivity contribution >= 4 is 17.5 Å². The normalized spacial score (nSPS) is 10.1. The first kappa shape index (κ1) is 15.5. The molecule has 0 aliphatic carbocycles. The Hall–Kier alpha value is -2.89. The molecule has 114 valence electrons. The lowest BCUT2D eigenvalue weighted by Gasteiger charge is -2.10. The monoisotopic (exact) mass is 300 g/mol. The Bertz CT molecular complexity index is 699. The number of amides is 1. The Balaban J connectivity index is 2.05. The van der Waals surface area contributed by atoms with E-state index in [1.165, 1.54) is 6.07 Å². The maximum Gasteiger partial charge on any atom is 0.411 e. The Labute approximate surface area is 127 Å². The van der Waals surface area contributed by atoms with E-state index >= 15 is 0 Å². The summed E-state index contributed by atoms with van der Waals surface area (Å²) in [6, 6.07) is 12.3. The van der Waals surface area contributed by atoms with Crippen molar-refractivity contribution in [1.82, 2.24) is 0 Å². The SMILES string of the molecule is Cc1cc(C)c([N+](=O)[O-])cc1NC(=O)OCc1ccccc1. The lowest BCUT2D eigenvalue weighted by Crippen LogP contribution is -2.14. The highest BCUT2D eigenvalue weighted by Gasteiger charge is 2.15. The van der Waals surface area contributed by atoms with Gasteiger partial charge in [0.05, 0.1) is 10.6 Å². The molecule has 2 rings (SSSR count). The van der Waals surface area contributed by atoms with Crippen LogP contribution < -0.4 is 5.32 Å². The summed E-state index contributed by atoms with van der Waals surface area (Å²) in [5.41, 5.74) is 2.48. The number of aryl methyl sites for hydroxylation is 2. The van der Waals surface area contributed by atoms with Gasteiger partial charge in [-0.1, -0.05) is 30.3 Å². The van der Waals surface area contributed by atoms with Crippen LogP contribution in [0.15, 0.2) is 42.5 Å². The first-order valence-electron chi connectivity index (χ1n) is 6.70. The topological polar surface area (TPSA) is 81.5 Å². The van der Waals surface area contributed by atoms with Gasteiger partial charge in [-0.3, -0.25) is 15.4 Å². The zero-order valence-corrected chi connectivity index (χ0v) is 12.3. The summed E-state index contributed by atoms with van der Waals surface area (Å²) in [5, 5.41) is 13.5. The maximum atomic E-state index is 11.8. The largest absolute Gasteiger partial charge is 0.444 e. The number of benzene rings is 2. The second kappa shape index (κ2) is 6.71. The van der Waals surface area contributed by atoms with E-state index in [0.29, 0.717) is 11.3 Å². The van der Waals surface area contributed by atoms with Gasteiger partial charge < -0.3 is 4.74 Å². The van der Waals surface area contributed by atoms with Crippen molar-refractivity contribution in [2.45, 2.75) is 20.5 Å². The second-order valence-corrected chi connectivity index (χ2v) is 4.90. The average Bonchev–Trinajstić information content (AvgIpc) is 2.48. The van der Waals surface area contributed by atoms with Crippen molar-refractivity contribution in [2.75, 3.05) is 5.32 Å². The van der Waals surface area contributed by atoms with E-state index in [2.05, 4.69) is 5.32 Å². The number of hydrogen-bond acceptors (Lipinski definition) is 4.